The van der Waals surface area contributed by atoms with E-state index in [9.17, 15) is 21.6 Å². The molecule has 10 heteroatoms. The van der Waals surface area contributed by atoms with Crippen LogP contribution in [0.5, 0.6) is 0 Å². The quantitative estimate of drug-likeness (QED) is 0.748. The second-order valence-electron chi connectivity index (χ2n) is 6.27. The van der Waals surface area contributed by atoms with Gasteiger partial charge in [-0.05, 0) is 49.9 Å². The molecule has 27 heavy (non-hydrogen) atoms. The van der Waals surface area contributed by atoms with Gasteiger partial charge < -0.3 is 0 Å². The zero-order valence-electron chi connectivity index (χ0n) is 14.2. The van der Waals surface area contributed by atoms with E-state index in [0.29, 0.717) is 29.3 Å². The number of thioether (sulfide) groups is 1. The van der Waals surface area contributed by atoms with Gasteiger partial charge in [-0.15, -0.1) is 0 Å². The number of benzene rings is 1. The predicted molar refractivity (Wildman–Crippen MR) is 95.7 cm³/mol. The summed E-state index contributed by atoms with van der Waals surface area (Å²) in [6.07, 6.45) is 1.54. The van der Waals surface area contributed by atoms with Gasteiger partial charge in [0, 0.05) is 23.7 Å². The van der Waals surface area contributed by atoms with Crippen LogP contribution in [0.2, 0.25) is 0 Å². The summed E-state index contributed by atoms with van der Waals surface area (Å²) >= 11 is 1.56. The van der Waals surface area contributed by atoms with E-state index < -0.39 is 21.8 Å². The minimum Gasteiger partial charge on any atom is -0.231 e. The third-order valence-corrected chi connectivity index (χ3v) is 7.03. The second kappa shape index (κ2) is 8.15. The smallest absolute Gasteiger partial charge is 0.231 e. The van der Waals surface area contributed by atoms with Crippen molar-refractivity contribution in [3.8, 4) is 0 Å². The van der Waals surface area contributed by atoms with Crippen molar-refractivity contribution in [1.82, 2.24) is 14.7 Å². The van der Waals surface area contributed by atoms with Gasteiger partial charge in [-0.25, -0.2) is 23.1 Å². The van der Waals surface area contributed by atoms with Crippen LogP contribution in [-0.4, -0.2) is 29.7 Å². The molecular weight excluding hydrogens is 399 g/mol. The lowest BCUT2D eigenvalue weighted by molar-refractivity contribution is -0.137. The van der Waals surface area contributed by atoms with Crippen molar-refractivity contribution in [3.05, 3.63) is 48.3 Å². The lowest BCUT2D eigenvalue weighted by Crippen LogP contribution is -2.38. The van der Waals surface area contributed by atoms with E-state index in [4.69, 9.17) is 0 Å². The van der Waals surface area contributed by atoms with Crippen molar-refractivity contribution in [2.75, 3.05) is 0 Å². The Morgan fingerprint density at radius 1 is 1.04 bits per heavy atom. The Hall–Kier alpha value is -1.65. The van der Waals surface area contributed by atoms with E-state index in [-0.39, 0.29) is 10.9 Å². The molecular formula is C17H18F3N3O2S2. The van der Waals surface area contributed by atoms with Gasteiger partial charge in [-0.2, -0.15) is 13.2 Å². The number of aromatic nitrogens is 2. The Bertz CT molecular complexity index is 868. The van der Waals surface area contributed by atoms with Crippen LogP contribution in [0.4, 0.5) is 13.2 Å². The first-order chi connectivity index (χ1) is 12.7. The predicted octanol–water partition coefficient (Wildman–Crippen LogP) is 3.88. The van der Waals surface area contributed by atoms with Crippen molar-refractivity contribution in [2.24, 2.45) is 0 Å². The third kappa shape index (κ3) is 5.43. The Balaban J connectivity index is 1.59. The highest BCUT2D eigenvalue weighted by molar-refractivity contribution is 7.99. The summed E-state index contributed by atoms with van der Waals surface area (Å²) in [5.74, 6) is 0. The van der Waals surface area contributed by atoms with Gasteiger partial charge >= 0.3 is 6.18 Å². The lowest BCUT2D eigenvalue weighted by atomic mass is 9.96. The lowest BCUT2D eigenvalue weighted by Gasteiger charge is -2.28. The maximum absolute atomic E-state index is 12.8. The summed E-state index contributed by atoms with van der Waals surface area (Å²) in [4.78, 5) is 7.97. The van der Waals surface area contributed by atoms with Gasteiger partial charge in [0.2, 0.25) is 10.0 Å². The largest absolute Gasteiger partial charge is 0.416 e. The molecule has 1 heterocycles. The molecule has 3 rings (SSSR count). The monoisotopic (exact) mass is 417 g/mol. The van der Waals surface area contributed by atoms with Crippen LogP contribution in [0.1, 0.15) is 31.2 Å². The Morgan fingerprint density at radius 2 is 1.70 bits per heavy atom. The molecule has 1 aromatic heterocycles. The first kappa shape index (κ1) is 20.1. The molecule has 0 radical (unpaired) electrons. The molecule has 0 amide bonds. The fourth-order valence-corrected chi connectivity index (χ4v) is 5.32. The van der Waals surface area contributed by atoms with Crippen LogP contribution >= 0.6 is 11.8 Å². The molecule has 1 saturated carbocycles. The minimum atomic E-state index is -4.58. The van der Waals surface area contributed by atoms with Gasteiger partial charge in [0.05, 0.1) is 10.5 Å². The van der Waals surface area contributed by atoms with Gasteiger partial charge in [0.15, 0.2) is 5.16 Å². The third-order valence-electron chi connectivity index (χ3n) is 4.28. The molecule has 5 nitrogen and oxygen atoms in total. The number of nitrogens with zero attached hydrogens (tertiary/aromatic N) is 2. The molecule has 146 valence electrons. The fourth-order valence-electron chi connectivity index (χ4n) is 2.92. The second-order valence-corrected chi connectivity index (χ2v) is 9.25. The van der Waals surface area contributed by atoms with Gasteiger partial charge in [0.1, 0.15) is 0 Å². The number of hydrogen-bond donors (Lipinski definition) is 1. The number of halogens is 3. The van der Waals surface area contributed by atoms with Crippen LogP contribution in [0.3, 0.4) is 0 Å². The summed E-state index contributed by atoms with van der Waals surface area (Å²) in [6, 6.07) is 5.24. The van der Waals surface area contributed by atoms with Crippen molar-refractivity contribution in [2.45, 2.75) is 53.2 Å². The van der Waals surface area contributed by atoms with E-state index in [1.54, 1.807) is 30.2 Å². The molecule has 0 bridgehead atoms. The molecule has 1 fully saturated rings. The first-order valence-electron chi connectivity index (χ1n) is 8.37. The fraction of sp³-hybridized carbons (Fsp3) is 0.412. The molecule has 1 aromatic carbocycles. The molecule has 0 spiro atoms. The summed E-state index contributed by atoms with van der Waals surface area (Å²) < 4.78 is 65.9. The SMILES string of the molecule is O=S(=O)(NC1CCC(Sc2ncccn2)CC1)c1cccc(C(F)(F)F)c1. The van der Waals surface area contributed by atoms with E-state index in [0.717, 1.165) is 25.0 Å². The van der Waals surface area contributed by atoms with Gasteiger partial charge in [-0.1, -0.05) is 17.8 Å². The zero-order chi connectivity index (χ0) is 19.5. The molecule has 0 aliphatic heterocycles. The summed E-state index contributed by atoms with van der Waals surface area (Å²) in [5, 5.41) is 0.979. The molecule has 1 N–H and O–H groups in total. The van der Waals surface area contributed by atoms with Crippen LogP contribution in [-0.2, 0) is 16.2 Å². The number of nitrogens with one attached hydrogen (secondary N) is 1. The molecule has 0 saturated heterocycles. The Kier molecular flexibility index (Phi) is 6.07. The van der Waals surface area contributed by atoms with Crippen molar-refractivity contribution in [3.63, 3.8) is 0 Å². The molecule has 0 unspecified atom stereocenters. The number of alkyl halides is 3. The number of sulfonamides is 1. The Morgan fingerprint density at radius 3 is 2.33 bits per heavy atom. The van der Waals surface area contributed by atoms with Crippen LogP contribution < -0.4 is 4.72 Å². The summed E-state index contributed by atoms with van der Waals surface area (Å²) in [7, 11) is -4.00. The molecule has 2 aromatic rings. The van der Waals surface area contributed by atoms with Crippen LogP contribution in [0.25, 0.3) is 0 Å². The Labute approximate surface area is 159 Å². The van der Waals surface area contributed by atoms with Crippen LogP contribution in [0, 0.1) is 0 Å². The highest BCUT2D eigenvalue weighted by Crippen LogP contribution is 2.33. The summed E-state index contributed by atoms with van der Waals surface area (Å²) in [6.45, 7) is 0. The minimum absolute atomic E-state index is 0.293. The van der Waals surface area contributed by atoms with E-state index in [1.165, 1.54) is 6.07 Å². The maximum Gasteiger partial charge on any atom is 0.416 e. The first-order valence-corrected chi connectivity index (χ1v) is 10.7. The average Bonchev–Trinajstić information content (AvgIpc) is 2.63. The number of rotatable bonds is 5. The topological polar surface area (TPSA) is 72.0 Å². The zero-order valence-corrected chi connectivity index (χ0v) is 15.8. The van der Waals surface area contributed by atoms with Crippen molar-refractivity contribution in [1.29, 1.82) is 0 Å². The number of hydrogen-bond acceptors (Lipinski definition) is 5. The molecule has 1 aliphatic rings. The highest BCUT2D eigenvalue weighted by atomic mass is 32.2. The van der Waals surface area contributed by atoms with Crippen molar-refractivity contribution >= 4 is 21.8 Å². The average molecular weight is 417 g/mol. The van der Waals surface area contributed by atoms with E-state index >= 15 is 0 Å². The van der Waals surface area contributed by atoms with Crippen molar-refractivity contribution < 1.29 is 21.6 Å². The van der Waals surface area contributed by atoms with E-state index in [2.05, 4.69) is 14.7 Å². The molecule has 0 atom stereocenters. The van der Waals surface area contributed by atoms with Gasteiger partial charge in [-0.3, -0.25) is 0 Å². The molecule has 1 aliphatic carbocycles. The van der Waals surface area contributed by atoms with Crippen LogP contribution in [0.15, 0.2) is 52.8 Å². The van der Waals surface area contributed by atoms with E-state index in [1.807, 2.05) is 0 Å². The standard InChI is InChI=1S/C17H18F3N3O2S2/c18-17(19,20)12-3-1-4-15(11-12)27(24,25)23-13-5-7-14(8-6-13)26-16-21-9-2-10-22-16/h1-4,9-11,13-14,23H,5-8H2. The normalized spacial score (nSPS) is 21.1. The summed E-state index contributed by atoms with van der Waals surface area (Å²) in [5.41, 5.74) is -0.978. The van der Waals surface area contributed by atoms with Gasteiger partial charge in [0.25, 0.3) is 0 Å². The highest BCUT2D eigenvalue weighted by Gasteiger charge is 2.32. The maximum atomic E-state index is 12.8.